The van der Waals surface area contributed by atoms with Crippen molar-refractivity contribution >= 4 is 29.3 Å². The summed E-state index contributed by atoms with van der Waals surface area (Å²) in [6, 6.07) is 20.0. The Hall–Kier alpha value is -4.17. The maximum Gasteiger partial charge on any atom is 0.321 e. The van der Waals surface area contributed by atoms with Gasteiger partial charge in [-0.1, -0.05) is 60.7 Å². The summed E-state index contributed by atoms with van der Waals surface area (Å²) in [4.78, 5) is 34.7. The van der Waals surface area contributed by atoms with Crippen LogP contribution in [0.3, 0.4) is 0 Å². The molecule has 0 saturated carbocycles. The highest BCUT2D eigenvalue weighted by Gasteiger charge is 2.26. The van der Waals surface area contributed by atoms with Crippen molar-refractivity contribution in [1.29, 1.82) is 0 Å². The number of carboxylic acid groups (broad SMARTS) is 3. The molecule has 0 aromatic heterocycles. The van der Waals surface area contributed by atoms with Crippen LogP contribution in [0.2, 0.25) is 0 Å². The van der Waals surface area contributed by atoms with Crippen LogP contribution in [-0.4, -0.2) is 40.2 Å². The molecule has 0 heterocycles. The first-order chi connectivity index (χ1) is 15.8. The molecule has 170 valence electrons. The first-order valence-corrected chi connectivity index (χ1v) is 10.3. The molecule has 0 fully saturated rings. The fraction of sp³-hybridized carbons (Fsp3) is 0.160. The second-order valence-electron chi connectivity index (χ2n) is 7.50. The Morgan fingerprint density at radius 1 is 0.727 bits per heavy atom. The lowest BCUT2D eigenvalue weighted by molar-refractivity contribution is -0.254. The summed E-state index contributed by atoms with van der Waals surface area (Å²) in [7, 11) is 0. The van der Waals surface area contributed by atoms with Gasteiger partial charge in [-0.15, -0.1) is 0 Å². The molecule has 0 radical (unpaired) electrons. The third-order valence-electron chi connectivity index (χ3n) is 5.10. The third-order valence-corrected chi connectivity index (χ3v) is 5.10. The fourth-order valence-electron chi connectivity index (χ4n) is 3.41. The summed E-state index contributed by atoms with van der Waals surface area (Å²) in [6.45, 7) is 0. The minimum Gasteiger partial charge on any atom is -0.545 e. The van der Waals surface area contributed by atoms with Crippen LogP contribution in [0.5, 0.6) is 0 Å². The Morgan fingerprint density at radius 2 is 1.24 bits per heavy atom. The van der Waals surface area contributed by atoms with E-state index in [9.17, 15) is 29.7 Å². The van der Waals surface area contributed by atoms with Crippen molar-refractivity contribution in [3.8, 4) is 0 Å². The predicted octanol–water partition coefficient (Wildman–Crippen LogP) is 2.07. The van der Waals surface area contributed by atoms with Crippen molar-refractivity contribution in [2.75, 3.05) is 5.32 Å². The van der Waals surface area contributed by atoms with E-state index in [0.717, 1.165) is 5.56 Å². The molecule has 2 unspecified atom stereocenters. The van der Waals surface area contributed by atoms with E-state index in [1.165, 1.54) is 6.07 Å². The largest absolute Gasteiger partial charge is 0.545 e. The number of anilines is 2. The predicted molar refractivity (Wildman–Crippen MR) is 120 cm³/mol. The van der Waals surface area contributed by atoms with Gasteiger partial charge in [0.2, 0.25) is 0 Å². The lowest BCUT2D eigenvalue weighted by Crippen LogP contribution is -2.49. The molecule has 0 aliphatic rings. The van der Waals surface area contributed by atoms with E-state index < -0.39 is 30.0 Å². The number of benzene rings is 3. The lowest BCUT2D eigenvalue weighted by Gasteiger charge is -2.21. The molecular formula is C25H23N2O6-. The Morgan fingerprint density at radius 3 is 1.79 bits per heavy atom. The van der Waals surface area contributed by atoms with Crippen LogP contribution in [-0.2, 0) is 22.4 Å². The van der Waals surface area contributed by atoms with Gasteiger partial charge in [-0.25, -0.2) is 0 Å². The number of para-hydroxylation sites is 1. The summed E-state index contributed by atoms with van der Waals surface area (Å²) >= 11 is 0. The van der Waals surface area contributed by atoms with Gasteiger partial charge in [-0.2, -0.15) is 0 Å². The van der Waals surface area contributed by atoms with Crippen molar-refractivity contribution < 1.29 is 29.7 Å². The van der Waals surface area contributed by atoms with Crippen LogP contribution in [0.25, 0.3) is 0 Å². The van der Waals surface area contributed by atoms with E-state index >= 15 is 0 Å². The van der Waals surface area contributed by atoms with Crippen LogP contribution in [0.1, 0.15) is 21.5 Å². The Balaban J connectivity index is 1.69. The Kier molecular flexibility index (Phi) is 7.77. The molecule has 4 N–H and O–H groups in total. The van der Waals surface area contributed by atoms with E-state index in [4.69, 9.17) is 0 Å². The average molecular weight is 447 g/mol. The molecule has 0 amide bonds. The molecule has 0 spiro atoms. The summed E-state index contributed by atoms with van der Waals surface area (Å²) in [5, 5.41) is 36.2. The van der Waals surface area contributed by atoms with Gasteiger partial charge in [-0.3, -0.25) is 14.9 Å². The second-order valence-corrected chi connectivity index (χ2v) is 7.50. The number of aliphatic carboxylic acids is 2. The van der Waals surface area contributed by atoms with Crippen LogP contribution in [0.4, 0.5) is 11.4 Å². The second kappa shape index (κ2) is 10.9. The highest BCUT2D eigenvalue weighted by Crippen LogP contribution is 2.21. The molecule has 0 bridgehead atoms. The molecular weight excluding hydrogens is 424 g/mol. The fourth-order valence-corrected chi connectivity index (χ4v) is 3.41. The van der Waals surface area contributed by atoms with Crippen LogP contribution >= 0.6 is 0 Å². The molecule has 8 nitrogen and oxygen atoms in total. The van der Waals surface area contributed by atoms with Gasteiger partial charge >= 0.3 is 11.9 Å². The molecule has 3 aromatic carbocycles. The summed E-state index contributed by atoms with van der Waals surface area (Å²) < 4.78 is 0. The summed E-state index contributed by atoms with van der Waals surface area (Å²) in [6.07, 6.45) is 0.227. The molecule has 8 heteroatoms. The SMILES string of the molecule is O=C([O-])c1ccccc1Nc1ccc(CC(NC(Cc2ccccc2)C(=O)O)C(=O)O)cc1. The number of nitrogens with one attached hydrogen (secondary N) is 2. The first-order valence-electron chi connectivity index (χ1n) is 10.3. The third kappa shape index (κ3) is 6.65. The zero-order chi connectivity index (χ0) is 23.8. The molecule has 2 atom stereocenters. The lowest BCUT2D eigenvalue weighted by atomic mass is 10.0. The minimum atomic E-state index is -1.30. The maximum atomic E-state index is 11.8. The molecule has 0 aliphatic heterocycles. The molecule has 3 rings (SSSR count). The number of hydrogen-bond donors (Lipinski definition) is 4. The number of carboxylic acids is 3. The van der Waals surface area contributed by atoms with Gasteiger partial charge in [-0.05, 0) is 42.2 Å². The molecule has 33 heavy (non-hydrogen) atoms. The van der Waals surface area contributed by atoms with Gasteiger partial charge in [0, 0.05) is 16.9 Å². The maximum absolute atomic E-state index is 11.8. The van der Waals surface area contributed by atoms with Crippen molar-refractivity contribution in [3.63, 3.8) is 0 Å². The van der Waals surface area contributed by atoms with E-state index in [1.807, 2.05) is 6.07 Å². The number of rotatable bonds is 11. The highest BCUT2D eigenvalue weighted by molar-refractivity contribution is 5.93. The number of aromatic carboxylic acids is 1. The number of carbonyl (C=O) groups is 3. The molecule has 3 aromatic rings. The summed E-state index contributed by atoms with van der Waals surface area (Å²) in [5.41, 5.74) is 2.47. The highest BCUT2D eigenvalue weighted by atomic mass is 16.4. The van der Waals surface area contributed by atoms with Crippen molar-refractivity contribution in [3.05, 3.63) is 95.6 Å². The molecule has 0 saturated heterocycles. The number of carbonyl (C=O) groups excluding carboxylic acids is 1. The Labute approximate surface area is 190 Å². The topological polar surface area (TPSA) is 139 Å². The average Bonchev–Trinajstić information content (AvgIpc) is 2.80. The monoisotopic (exact) mass is 447 g/mol. The number of hydrogen-bond acceptors (Lipinski definition) is 6. The van der Waals surface area contributed by atoms with E-state index in [-0.39, 0.29) is 18.4 Å². The van der Waals surface area contributed by atoms with E-state index in [0.29, 0.717) is 16.9 Å². The van der Waals surface area contributed by atoms with Gasteiger partial charge in [0.05, 0.1) is 5.97 Å². The van der Waals surface area contributed by atoms with Crippen molar-refractivity contribution in [2.45, 2.75) is 24.9 Å². The van der Waals surface area contributed by atoms with E-state index in [2.05, 4.69) is 10.6 Å². The van der Waals surface area contributed by atoms with Crippen LogP contribution in [0, 0.1) is 0 Å². The van der Waals surface area contributed by atoms with Crippen molar-refractivity contribution in [1.82, 2.24) is 5.32 Å². The van der Waals surface area contributed by atoms with Crippen LogP contribution < -0.4 is 15.7 Å². The Bertz CT molecular complexity index is 1120. The van der Waals surface area contributed by atoms with Crippen LogP contribution in [0.15, 0.2) is 78.9 Å². The van der Waals surface area contributed by atoms with Crippen molar-refractivity contribution in [2.24, 2.45) is 0 Å². The van der Waals surface area contributed by atoms with Gasteiger partial charge in [0.15, 0.2) is 0 Å². The normalized spacial score (nSPS) is 12.5. The van der Waals surface area contributed by atoms with Gasteiger partial charge < -0.3 is 25.4 Å². The smallest absolute Gasteiger partial charge is 0.321 e. The van der Waals surface area contributed by atoms with E-state index in [1.54, 1.807) is 66.7 Å². The quantitative estimate of drug-likeness (QED) is 0.350. The zero-order valence-corrected chi connectivity index (χ0v) is 17.6. The minimum absolute atomic E-state index is 0.0230. The zero-order valence-electron chi connectivity index (χ0n) is 17.6. The van der Waals surface area contributed by atoms with Gasteiger partial charge in [0.1, 0.15) is 12.1 Å². The van der Waals surface area contributed by atoms with Gasteiger partial charge in [0.25, 0.3) is 0 Å². The standard InChI is InChI=1S/C25H24N2O6/c28-23(29)19-8-4-5-9-20(19)26-18-12-10-17(11-13-18)15-22(25(32)33)27-21(24(30)31)14-16-6-2-1-3-7-16/h1-13,21-22,26-27H,14-15H2,(H,28,29)(H,30,31)(H,32,33)/p-1. The first kappa shape index (κ1) is 23.5. The summed E-state index contributed by atoms with van der Waals surface area (Å²) in [5.74, 6) is -3.58. The molecule has 0 aliphatic carbocycles.